The monoisotopic (exact) mass is 1890 g/mol. The van der Waals surface area contributed by atoms with E-state index in [4.69, 9.17) is 53.1 Å². The highest BCUT2D eigenvalue weighted by molar-refractivity contribution is 6.09. The number of nitrogens with zero attached hydrogens (tertiary/aromatic N) is 9. The van der Waals surface area contributed by atoms with Gasteiger partial charge in [0.25, 0.3) is 0 Å². The fourth-order valence-electron chi connectivity index (χ4n) is 18.8. The lowest BCUT2D eigenvalue weighted by Crippen LogP contribution is -1.96. The smallest absolute Gasteiger partial charge is 0.227 e. The maximum atomic E-state index is 6.48. The second-order valence-electron chi connectivity index (χ2n) is 35.7. The number of hydrogen-bond acceptors (Lipinski definition) is 12. The van der Waals surface area contributed by atoms with Gasteiger partial charge in [0.05, 0.1) is 28.5 Å². The van der Waals surface area contributed by atoms with Crippen LogP contribution in [0.2, 0.25) is 0 Å². The lowest BCUT2D eigenvalue weighted by atomic mass is 9.93. The van der Waals surface area contributed by atoms with Crippen molar-refractivity contribution < 1.29 is 13.3 Å². The summed E-state index contributed by atoms with van der Waals surface area (Å²) in [5, 5.41) is 6.96. The number of fused-ring (bicyclic) bond motifs is 6. The minimum Gasteiger partial charge on any atom is -0.436 e. The molecule has 0 saturated carbocycles. The first-order chi connectivity index (χ1) is 72.8. The molecule has 696 valence electrons. The largest absolute Gasteiger partial charge is 0.436 e. The van der Waals surface area contributed by atoms with Crippen molar-refractivity contribution >= 4 is 77.3 Å². The van der Waals surface area contributed by atoms with Gasteiger partial charge in [0.2, 0.25) is 17.7 Å². The summed E-state index contributed by atoms with van der Waals surface area (Å²) in [6.07, 6.45) is 19.7. The van der Waals surface area contributed by atoms with Crippen molar-refractivity contribution in [2.45, 2.75) is 12.8 Å². The Morgan fingerprint density at radius 2 is 0.687 bits per heavy atom. The molecule has 19 aromatic carbocycles. The SMILES string of the molecule is C=C/C=C\C=C\c1cc(-c2ccc(-c3cccc4nc(C5=CC=CCC5)oc34)c3ccccc23)nc(-c2ccc(-c3ccccc3)cc2)n1.c1ccc(-c2ccc(-c3nc(-c4ccccc4)cc(-c4ccc5cc(-c6ccc7oc(-c8ccccc8)nc7c6)ccc5c4)n3)cc2)cc1.c1ccc(-c2ccc(-c3nccc(-c4ccccc4)n3)cc2)cc1.c1ccc(-c2nc3c(-c4cccc5ccccc45)cccc3o2)cc1. The summed E-state index contributed by atoms with van der Waals surface area (Å²) >= 11 is 0. The lowest BCUT2D eigenvalue weighted by molar-refractivity contribution is 0.581. The number of para-hydroxylation sites is 2. The van der Waals surface area contributed by atoms with E-state index in [2.05, 4.69) is 357 Å². The van der Waals surface area contributed by atoms with Gasteiger partial charge < -0.3 is 13.3 Å². The van der Waals surface area contributed by atoms with Crippen LogP contribution >= 0.6 is 0 Å². The van der Waals surface area contributed by atoms with Crippen LogP contribution in [-0.2, 0) is 0 Å². The van der Waals surface area contributed by atoms with Crippen LogP contribution < -0.4 is 0 Å². The van der Waals surface area contributed by atoms with Gasteiger partial charge in [-0.1, -0.05) is 443 Å². The van der Waals surface area contributed by atoms with E-state index < -0.39 is 0 Å². The minimum atomic E-state index is 0.631. The van der Waals surface area contributed by atoms with Gasteiger partial charge in [-0.25, -0.2) is 44.9 Å². The summed E-state index contributed by atoms with van der Waals surface area (Å²) in [6.45, 7) is 3.78. The van der Waals surface area contributed by atoms with Crippen molar-refractivity contribution in [3.8, 4) is 169 Å². The quantitative estimate of drug-likeness (QED) is 0.0708. The van der Waals surface area contributed by atoms with Gasteiger partial charge in [-0.3, -0.25) is 0 Å². The fourth-order valence-corrected chi connectivity index (χ4v) is 18.8. The van der Waals surface area contributed by atoms with Crippen LogP contribution in [0.25, 0.3) is 246 Å². The number of aromatic nitrogens is 9. The molecule has 0 spiro atoms. The Bertz CT molecular complexity index is 9180. The highest BCUT2D eigenvalue weighted by Crippen LogP contribution is 2.44. The van der Waals surface area contributed by atoms with Crippen molar-refractivity contribution in [1.29, 1.82) is 0 Å². The van der Waals surface area contributed by atoms with Crippen LogP contribution in [-0.4, -0.2) is 44.9 Å². The van der Waals surface area contributed by atoms with Crippen LogP contribution in [0.3, 0.4) is 0 Å². The van der Waals surface area contributed by atoms with E-state index in [1.165, 1.54) is 38.6 Å². The fraction of sp³-hybridized carbons (Fsp3) is 0.0148. The molecule has 0 amide bonds. The average Bonchev–Trinajstić information content (AvgIpc) is 1.63. The van der Waals surface area contributed by atoms with Crippen LogP contribution in [0.4, 0.5) is 0 Å². The number of hydrogen-bond donors (Lipinski definition) is 0. The molecule has 0 fully saturated rings. The van der Waals surface area contributed by atoms with Crippen molar-refractivity contribution in [2.24, 2.45) is 0 Å². The van der Waals surface area contributed by atoms with E-state index in [-0.39, 0.29) is 0 Å². The Hall–Kier alpha value is -19.7. The van der Waals surface area contributed by atoms with Gasteiger partial charge in [-0.2, -0.15) is 0 Å². The topological polar surface area (TPSA) is 155 Å². The minimum absolute atomic E-state index is 0.631. The summed E-state index contributed by atoms with van der Waals surface area (Å²) in [5.74, 6) is 4.10. The Kier molecular flexibility index (Phi) is 26.3. The lowest BCUT2D eigenvalue weighted by Gasteiger charge is -2.13. The predicted molar refractivity (Wildman–Crippen MR) is 604 cm³/mol. The molecule has 1 aliphatic rings. The van der Waals surface area contributed by atoms with Gasteiger partial charge in [-0.15, -0.1) is 0 Å². The molecule has 6 aromatic heterocycles. The molecule has 147 heavy (non-hydrogen) atoms. The van der Waals surface area contributed by atoms with Gasteiger partial charge >= 0.3 is 0 Å². The zero-order valence-corrected chi connectivity index (χ0v) is 80.1. The Morgan fingerprint density at radius 1 is 0.245 bits per heavy atom. The first kappa shape index (κ1) is 91.1. The van der Waals surface area contributed by atoms with Crippen molar-refractivity contribution in [1.82, 2.24) is 44.9 Å². The molecule has 0 bridgehead atoms. The van der Waals surface area contributed by atoms with Gasteiger partial charge in [0.15, 0.2) is 34.2 Å². The molecule has 26 rings (SSSR count). The van der Waals surface area contributed by atoms with Gasteiger partial charge in [0.1, 0.15) is 16.6 Å². The second-order valence-corrected chi connectivity index (χ2v) is 35.7. The standard InChI is InChI=1S/C45H29N3O.C45H33N3O.C23H15NO.C22H16N2/c1-4-10-30(11-5-1)31-16-18-33(19-17-31)44-46-40(32-12-6-2-7-13-32)29-41(47-44)39-23-22-35-26-36(20-21-37(35)27-39)38-24-25-43-42(28-38)48-45(49-43)34-14-8-3-9-15-34;1-2-3-4-11-19-35-30-42(47-44(46-35)33-26-24-32(25-27-33)31-15-7-5-8-16-31)39-29-28-38(36-20-12-13-21-37(36)39)40-22-14-23-41-43(40)49-45(48-41)34-17-9-6-10-18-34;1-2-9-17(10-3-1)23-24-22-20(14-7-15-21(22)25-23)19-13-6-11-16-8-4-5-12-18(16)19;1-3-7-17(8-4-1)18-11-13-20(14-12-18)22-23-16-15-21(24-22)19-9-5-2-6-10-19/h1-29H;2-9,11-17,19-30H,1,10,18H2;1-15H;1-16H/b;4-3-,19-11+;;. The molecular formula is C135H93N9O3. The van der Waals surface area contributed by atoms with Gasteiger partial charge in [0, 0.05) is 73.0 Å². The summed E-state index contributed by atoms with van der Waals surface area (Å²) in [6, 6.07) is 162. The zero-order valence-electron chi connectivity index (χ0n) is 80.1. The Labute approximate surface area is 851 Å². The van der Waals surface area contributed by atoms with E-state index in [0.717, 1.165) is 197 Å². The second kappa shape index (κ2) is 42.4. The van der Waals surface area contributed by atoms with E-state index in [1.807, 2.05) is 176 Å². The molecule has 12 nitrogen and oxygen atoms in total. The maximum absolute atomic E-state index is 6.48. The van der Waals surface area contributed by atoms with Gasteiger partial charge in [-0.05, 0) is 186 Å². The first-order valence-electron chi connectivity index (χ1n) is 49.2. The first-order valence-corrected chi connectivity index (χ1v) is 49.2. The third-order valence-electron chi connectivity index (χ3n) is 26.2. The molecule has 12 heteroatoms. The Morgan fingerprint density at radius 3 is 1.31 bits per heavy atom. The highest BCUT2D eigenvalue weighted by atomic mass is 16.4. The van der Waals surface area contributed by atoms with Crippen LogP contribution in [0, 0.1) is 0 Å². The number of rotatable bonds is 19. The van der Waals surface area contributed by atoms with E-state index >= 15 is 0 Å². The molecule has 0 saturated heterocycles. The molecule has 0 N–H and O–H groups in total. The maximum Gasteiger partial charge on any atom is 0.227 e. The summed E-state index contributed by atoms with van der Waals surface area (Å²) in [7, 11) is 0. The number of benzene rings is 19. The van der Waals surface area contributed by atoms with E-state index in [1.54, 1.807) is 6.08 Å². The zero-order chi connectivity index (χ0) is 98.4. The van der Waals surface area contributed by atoms with E-state index in [9.17, 15) is 0 Å². The molecule has 25 aromatic rings. The van der Waals surface area contributed by atoms with Crippen LogP contribution in [0.1, 0.15) is 24.4 Å². The normalized spacial score (nSPS) is 11.7. The Balaban J connectivity index is 0.000000113. The van der Waals surface area contributed by atoms with Crippen LogP contribution in [0.5, 0.6) is 0 Å². The molecule has 1 aliphatic carbocycles. The summed E-state index contributed by atoms with van der Waals surface area (Å²) < 4.78 is 18.5. The average molecular weight is 1890 g/mol. The highest BCUT2D eigenvalue weighted by Gasteiger charge is 2.23. The molecule has 0 unspecified atom stereocenters. The molecule has 0 aliphatic heterocycles. The predicted octanol–water partition coefficient (Wildman–Crippen LogP) is 35.5. The third-order valence-corrected chi connectivity index (χ3v) is 26.2. The summed E-state index contributed by atoms with van der Waals surface area (Å²) in [4.78, 5) is 43.8. The molecule has 6 heterocycles. The molecule has 0 radical (unpaired) electrons. The van der Waals surface area contributed by atoms with Crippen molar-refractivity contribution in [3.05, 3.63) is 540 Å². The summed E-state index contributed by atoms with van der Waals surface area (Å²) in [5.41, 5.74) is 33.3. The van der Waals surface area contributed by atoms with Crippen molar-refractivity contribution in [2.75, 3.05) is 0 Å². The van der Waals surface area contributed by atoms with Crippen LogP contribution in [0.15, 0.2) is 542 Å². The third kappa shape index (κ3) is 20.3. The number of oxazole rings is 3. The number of allylic oxidation sites excluding steroid dienone is 8. The molecular weight excluding hydrogens is 1800 g/mol. The van der Waals surface area contributed by atoms with E-state index in [0.29, 0.717) is 29.3 Å². The van der Waals surface area contributed by atoms with Crippen molar-refractivity contribution in [3.63, 3.8) is 0 Å². The molecule has 0 atom stereocenters.